The highest BCUT2D eigenvalue weighted by atomic mass is 32.1. The number of carbonyl (C=O) groups is 3. The number of hydrogen-bond acceptors (Lipinski definition) is 6. The van der Waals surface area contributed by atoms with Crippen molar-refractivity contribution in [2.24, 2.45) is 0 Å². The van der Waals surface area contributed by atoms with E-state index in [-0.39, 0.29) is 37.6 Å². The van der Waals surface area contributed by atoms with Crippen LogP contribution < -0.4 is 5.32 Å². The van der Waals surface area contributed by atoms with Crippen molar-refractivity contribution in [2.75, 3.05) is 5.32 Å². The zero-order valence-electron chi connectivity index (χ0n) is 19.5. The Morgan fingerprint density at radius 3 is 2.71 bits per heavy atom. The normalized spacial score (nSPS) is 12.3. The largest absolute Gasteiger partial charge is 0.459 e. The summed E-state index contributed by atoms with van der Waals surface area (Å²) < 4.78 is 5.28. The Labute approximate surface area is 203 Å². The van der Waals surface area contributed by atoms with Gasteiger partial charge in [-0.05, 0) is 67.5 Å². The minimum absolute atomic E-state index is 0.0287. The number of esters is 1. The number of hydrogen-bond donors (Lipinski definition) is 1. The van der Waals surface area contributed by atoms with Gasteiger partial charge >= 0.3 is 5.97 Å². The Kier molecular flexibility index (Phi) is 7.53. The lowest BCUT2D eigenvalue weighted by molar-refractivity contribution is -0.145. The monoisotopic (exact) mass is 476 g/mol. The highest BCUT2D eigenvalue weighted by molar-refractivity contribution is 7.09. The number of ketones is 1. The summed E-state index contributed by atoms with van der Waals surface area (Å²) in [5.74, 6) is -0.620. The lowest BCUT2D eigenvalue weighted by Gasteiger charge is -2.08. The number of fused-ring (bicyclic) bond motifs is 1. The van der Waals surface area contributed by atoms with Gasteiger partial charge in [0.2, 0.25) is 5.91 Å². The second-order valence-electron chi connectivity index (χ2n) is 8.70. The molecule has 0 spiro atoms. The van der Waals surface area contributed by atoms with Crippen LogP contribution in [-0.4, -0.2) is 22.6 Å². The number of aryl methyl sites for hydroxylation is 4. The highest BCUT2D eigenvalue weighted by Gasteiger charge is 2.16. The zero-order valence-corrected chi connectivity index (χ0v) is 20.3. The first kappa shape index (κ1) is 23.8. The number of ether oxygens (including phenoxy) is 1. The van der Waals surface area contributed by atoms with Gasteiger partial charge in [-0.25, -0.2) is 4.98 Å². The molecule has 0 atom stereocenters. The van der Waals surface area contributed by atoms with Crippen molar-refractivity contribution in [2.45, 2.75) is 59.0 Å². The maximum Gasteiger partial charge on any atom is 0.306 e. The zero-order chi connectivity index (χ0) is 24.1. The molecule has 1 aliphatic rings. The van der Waals surface area contributed by atoms with Crippen LogP contribution in [0.2, 0.25) is 0 Å². The van der Waals surface area contributed by atoms with Gasteiger partial charge < -0.3 is 10.1 Å². The van der Waals surface area contributed by atoms with Gasteiger partial charge in [-0.15, -0.1) is 11.3 Å². The first-order valence-corrected chi connectivity index (χ1v) is 12.4. The van der Waals surface area contributed by atoms with Gasteiger partial charge in [-0.3, -0.25) is 14.4 Å². The molecule has 1 heterocycles. The van der Waals surface area contributed by atoms with E-state index in [2.05, 4.69) is 10.3 Å². The first-order valence-electron chi connectivity index (χ1n) is 11.5. The Hall–Kier alpha value is -3.32. The van der Waals surface area contributed by atoms with Gasteiger partial charge in [-0.1, -0.05) is 24.3 Å². The van der Waals surface area contributed by atoms with Crippen LogP contribution in [-0.2, 0) is 40.2 Å². The Bertz CT molecular complexity index is 1230. The Balaban J connectivity index is 1.21. The van der Waals surface area contributed by atoms with Gasteiger partial charge in [0.25, 0.3) is 0 Å². The first-order chi connectivity index (χ1) is 16.4. The highest BCUT2D eigenvalue weighted by Crippen LogP contribution is 2.23. The van der Waals surface area contributed by atoms with Gasteiger partial charge in [0.15, 0.2) is 5.78 Å². The number of Topliss-reactive ketones (excluding diaryl/α,β-unsaturated/α-hetero) is 1. The second kappa shape index (κ2) is 10.7. The van der Waals surface area contributed by atoms with Crippen LogP contribution in [0, 0.1) is 13.8 Å². The number of rotatable bonds is 9. The van der Waals surface area contributed by atoms with Crippen molar-refractivity contribution >= 4 is 34.7 Å². The van der Waals surface area contributed by atoms with Crippen LogP contribution in [0.4, 0.5) is 5.69 Å². The maximum atomic E-state index is 12.4. The minimum atomic E-state index is -0.434. The van der Waals surface area contributed by atoms with Gasteiger partial charge in [-0.2, -0.15) is 0 Å². The van der Waals surface area contributed by atoms with E-state index in [4.69, 9.17) is 4.74 Å². The standard InChI is InChI=1S/C27H28N2O4S/c1-17-6-7-18(2)23(12-17)29-25(31)14-26-28-22(16-34-26)15-33-27(32)11-10-24(30)21-9-8-19-4-3-5-20(19)13-21/h6-9,12-13,16H,3-5,10-11,14-15H2,1-2H3,(H,29,31). The molecule has 0 saturated heterocycles. The number of nitrogens with one attached hydrogen (secondary N) is 1. The van der Waals surface area contributed by atoms with E-state index >= 15 is 0 Å². The number of benzene rings is 2. The predicted octanol–water partition coefficient (Wildman–Crippen LogP) is 5.14. The second-order valence-corrected chi connectivity index (χ2v) is 9.64. The number of aromatic nitrogens is 1. The van der Waals surface area contributed by atoms with Crippen molar-refractivity contribution < 1.29 is 19.1 Å². The summed E-state index contributed by atoms with van der Waals surface area (Å²) in [4.78, 5) is 41.3. The van der Waals surface area contributed by atoms with Crippen LogP contribution in [0.5, 0.6) is 0 Å². The third kappa shape index (κ3) is 6.17. The number of anilines is 1. The molecule has 2 aromatic carbocycles. The summed E-state index contributed by atoms with van der Waals surface area (Å²) in [7, 11) is 0. The molecule has 34 heavy (non-hydrogen) atoms. The average Bonchev–Trinajstić information content (AvgIpc) is 3.47. The van der Waals surface area contributed by atoms with Crippen LogP contribution >= 0.6 is 11.3 Å². The van der Waals surface area contributed by atoms with Crippen LogP contribution in [0.15, 0.2) is 41.8 Å². The molecular formula is C27H28N2O4S. The average molecular weight is 477 g/mol. The van der Waals surface area contributed by atoms with Crippen molar-refractivity contribution in [1.29, 1.82) is 0 Å². The van der Waals surface area contributed by atoms with E-state index in [9.17, 15) is 14.4 Å². The van der Waals surface area contributed by atoms with Gasteiger partial charge in [0, 0.05) is 23.1 Å². The lowest BCUT2D eigenvalue weighted by atomic mass is 10.0. The third-order valence-corrected chi connectivity index (χ3v) is 6.83. The molecule has 0 unspecified atom stereocenters. The fraction of sp³-hybridized carbons (Fsp3) is 0.333. The maximum absolute atomic E-state index is 12.4. The van der Waals surface area contributed by atoms with E-state index in [0.717, 1.165) is 36.1 Å². The van der Waals surface area contributed by atoms with Crippen molar-refractivity contribution in [3.05, 3.63) is 80.3 Å². The van der Waals surface area contributed by atoms with Gasteiger partial charge in [0.1, 0.15) is 11.6 Å². The summed E-state index contributed by atoms with van der Waals surface area (Å²) in [6.45, 7) is 3.96. The van der Waals surface area contributed by atoms with Crippen LogP contribution in [0.1, 0.15) is 62.6 Å². The lowest BCUT2D eigenvalue weighted by Crippen LogP contribution is -2.15. The van der Waals surface area contributed by atoms with E-state index in [1.807, 2.05) is 50.2 Å². The number of thiazole rings is 1. The van der Waals surface area contributed by atoms with Crippen LogP contribution in [0.25, 0.3) is 0 Å². The molecule has 0 radical (unpaired) electrons. The molecule has 3 aromatic rings. The van der Waals surface area contributed by atoms with Crippen molar-refractivity contribution in [3.8, 4) is 0 Å². The summed E-state index contributed by atoms with van der Waals surface area (Å²) in [6.07, 6.45) is 3.53. The molecule has 176 valence electrons. The van der Waals surface area contributed by atoms with Crippen molar-refractivity contribution in [3.63, 3.8) is 0 Å². The molecular weight excluding hydrogens is 448 g/mol. The minimum Gasteiger partial charge on any atom is -0.459 e. The van der Waals surface area contributed by atoms with E-state index in [0.29, 0.717) is 16.3 Å². The molecule has 1 N–H and O–H groups in total. The SMILES string of the molecule is Cc1ccc(C)c(NC(=O)Cc2nc(COC(=O)CCC(=O)c3ccc4c(c3)CCC4)cs2)c1. The van der Waals surface area contributed by atoms with Gasteiger partial charge in [0.05, 0.1) is 18.5 Å². The van der Waals surface area contributed by atoms with E-state index < -0.39 is 5.97 Å². The van der Waals surface area contributed by atoms with E-state index in [1.54, 1.807) is 5.38 Å². The third-order valence-electron chi connectivity index (χ3n) is 5.94. The summed E-state index contributed by atoms with van der Waals surface area (Å²) in [5.41, 5.74) is 6.70. The number of carbonyl (C=O) groups excluding carboxylic acids is 3. The molecule has 4 rings (SSSR count). The fourth-order valence-corrected chi connectivity index (χ4v) is 4.81. The Morgan fingerprint density at radius 2 is 1.85 bits per heavy atom. The molecule has 1 aliphatic carbocycles. The fourth-order valence-electron chi connectivity index (χ4n) is 4.03. The molecule has 0 aliphatic heterocycles. The molecule has 6 nitrogen and oxygen atoms in total. The van der Waals surface area contributed by atoms with Crippen molar-refractivity contribution in [1.82, 2.24) is 4.98 Å². The van der Waals surface area contributed by atoms with E-state index in [1.165, 1.54) is 22.5 Å². The Morgan fingerprint density at radius 1 is 1.03 bits per heavy atom. The van der Waals surface area contributed by atoms with Crippen LogP contribution in [0.3, 0.4) is 0 Å². The molecule has 0 fully saturated rings. The molecule has 0 bridgehead atoms. The quantitative estimate of drug-likeness (QED) is 0.342. The molecule has 1 aromatic heterocycles. The molecule has 0 saturated carbocycles. The molecule has 1 amide bonds. The molecule has 7 heteroatoms. The summed E-state index contributed by atoms with van der Waals surface area (Å²) >= 11 is 1.36. The number of nitrogens with zero attached hydrogens (tertiary/aromatic N) is 1. The predicted molar refractivity (Wildman–Crippen MR) is 132 cm³/mol. The topological polar surface area (TPSA) is 85.4 Å². The summed E-state index contributed by atoms with van der Waals surface area (Å²) in [5, 5.41) is 5.36. The smallest absolute Gasteiger partial charge is 0.306 e. The number of amides is 1. The summed E-state index contributed by atoms with van der Waals surface area (Å²) in [6, 6.07) is 11.8.